The van der Waals surface area contributed by atoms with Crippen LogP contribution in [0.5, 0.6) is 0 Å². The van der Waals surface area contributed by atoms with Gasteiger partial charge in [0, 0.05) is 19.3 Å². The molecule has 0 fully saturated rings. The molecular weight excluding hydrogens is 1400 g/mol. The Morgan fingerprint density at radius 3 is 1.28 bits per heavy atom. The van der Waals surface area contributed by atoms with Gasteiger partial charge >= 0.3 is 11.9 Å². The van der Waals surface area contributed by atoms with Crippen molar-refractivity contribution in [3.8, 4) is 0 Å². The molecule has 0 unspecified atom stereocenters. The van der Waals surface area contributed by atoms with E-state index in [1.54, 1.807) is 71.9 Å². The van der Waals surface area contributed by atoms with Gasteiger partial charge in [-0.05, 0) is 120 Å². The highest BCUT2D eigenvalue weighted by molar-refractivity contribution is 6.00. The van der Waals surface area contributed by atoms with E-state index in [0.29, 0.717) is 50.5 Å². The van der Waals surface area contributed by atoms with Gasteiger partial charge < -0.3 is 102 Å². The number of nitrogens with one attached hydrogen (secondary N) is 12. The summed E-state index contributed by atoms with van der Waals surface area (Å²) in [7, 11) is 0. The zero-order valence-corrected chi connectivity index (χ0v) is 64.5. The summed E-state index contributed by atoms with van der Waals surface area (Å²) in [6.45, 7) is 10.8. The summed E-state index contributed by atoms with van der Waals surface area (Å²) < 4.78 is 0. The highest BCUT2D eigenvalue weighted by Crippen LogP contribution is 2.17. The second kappa shape index (κ2) is 56.4. The lowest BCUT2D eigenvalue weighted by Crippen LogP contribution is -2.62. The number of unbranched alkanes of at least 4 members (excludes halogenated alkanes) is 13. The van der Waals surface area contributed by atoms with Crippen LogP contribution in [0, 0.1) is 17.8 Å². The van der Waals surface area contributed by atoms with Gasteiger partial charge in [-0.25, -0.2) is 4.79 Å². The number of carboxylic acid groups (broad SMARTS) is 2. The molecule has 0 aromatic heterocycles. The number of aliphatic hydroxyl groups is 1. The van der Waals surface area contributed by atoms with E-state index in [1.165, 1.54) is 38.5 Å². The molecule has 1 rings (SSSR count). The van der Waals surface area contributed by atoms with Gasteiger partial charge in [-0.15, -0.1) is 0 Å². The van der Waals surface area contributed by atoms with E-state index >= 15 is 0 Å². The molecule has 0 saturated carbocycles. The molecule has 0 aliphatic heterocycles. The molecule has 0 heterocycles. The predicted molar refractivity (Wildman–Crippen MR) is 404 cm³/mol. The van der Waals surface area contributed by atoms with Crippen molar-refractivity contribution >= 4 is 88.7 Å². The minimum Gasteiger partial charge on any atom is -0.481 e. The standard InChI is InChI=1S/C74H128N16O18/c1-8-10-11-12-13-14-15-16-17-18-22-34-59(93)79-43-60(94)82-56(42-58(78)92)71(104)86-55(41-49-29-20-19-21-30-49)70(103)84-52(33-25-28-39-77)68(101)89-63(47(5)6)72(105)90-64(48(7)9-2)73(106)87-54(40-46(3)4)69(102)83-50(31-23-26-37-75)65(98)80-44-61(95)81-51(32-24-27-38-76)66(99)85-53(35-36-62(96)97)67(100)88-57(45-91)74(107)108/h19-21,29-30,46-48,50-57,63-64,91H,8-18,22-28,31-45,75-77H2,1-7H3,(H2,78,92)(H,79,93)(H,80,98)(H,81,95)(H,82,94)(H,83,102)(H,84,103)(H,85,99)(H,86,104)(H,87,106)(H,88,100)(H,89,101)(H,90,105)(H,96,97)(H,107,108)/t48-,50-,51-,52-,53-,54-,55-,56-,57-,63-,64-/m0/s1. The summed E-state index contributed by atoms with van der Waals surface area (Å²) in [4.78, 5) is 202. The van der Waals surface area contributed by atoms with Crippen molar-refractivity contribution in [2.24, 2.45) is 40.7 Å². The second-order valence-electron chi connectivity index (χ2n) is 28.3. The molecule has 108 heavy (non-hydrogen) atoms. The molecule has 0 aliphatic rings. The number of hydrogen-bond acceptors (Lipinski definition) is 19. The molecule has 23 N–H and O–H groups in total. The fourth-order valence-corrected chi connectivity index (χ4v) is 11.5. The lowest BCUT2D eigenvalue weighted by Gasteiger charge is -2.31. The number of benzene rings is 1. The lowest BCUT2D eigenvalue weighted by molar-refractivity contribution is -0.144. The number of primary amides is 1. The Kier molecular flexibility index (Phi) is 50.7. The Hall–Kier alpha value is -8.89. The first kappa shape index (κ1) is 97.1. The van der Waals surface area contributed by atoms with Gasteiger partial charge in [0.25, 0.3) is 0 Å². The van der Waals surface area contributed by atoms with E-state index in [4.69, 9.17) is 22.9 Å². The molecule has 0 spiro atoms. The van der Waals surface area contributed by atoms with E-state index < -0.39 is 194 Å². The van der Waals surface area contributed by atoms with Gasteiger partial charge in [-0.1, -0.05) is 149 Å². The first-order valence-corrected chi connectivity index (χ1v) is 38.4. The van der Waals surface area contributed by atoms with Crippen LogP contribution in [0.2, 0.25) is 0 Å². The molecule has 11 atom stereocenters. The number of nitrogens with two attached hydrogens (primary N) is 4. The van der Waals surface area contributed by atoms with Crippen molar-refractivity contribution in [3.63, 3.8) is 0 Å². The van der Waals surface area contributed by atoms with Crippen LogP contribution in [0.3, 0.4) is 0 Å². The molecule has 0 saturated heterocycles. The molecule has 612 valence electrons. The van der Waals surface area contributed by atoms with Crippen LogP contribution < -0.4 is 86.7 Å². The smallest absolute Gasteiger partial charge is 0.328 e. The number of rotatable bonds is 61. The number of carbonyl (C=O) groups excluding carboxylic acids is 13. The third kappa shape index (κ3) is 42.0. The highest BCUT2D eigenvalue weighted by Gasteiger charge is 2.38. The van der Waals surface area contributed by atoms with Crippen LogP contribution in [0.15, 0.2) is 30.3 Å². The van der Waals surface area contributed by atoms with Crippen molar-refractivity contribution in [2.45, 2.75) is 282 Å². The first-order valence-electron chi connectivity index (χ1n) is 38.4. The van der Waals surface area contributed by atoms with Gasteiger partial charge in [0.05, 0.1) is 26.1 Å². The summed E-state index contributed by atoms with van der Waals surface area (Å²) in [6, 6.07) is -5.99. The summed E-state index contributed by atoms with van der Waals surface area (Å²) in [6.07, 6.45) is 12.7. The van der Waals surface area contributed by atoms with E-state index in [-0.39, 0.29) is 76.4 Å². The Morgan fingerprint density at radius 2 is 0.806 bits per heavy atom. The zero-order chi connectivity index (χ0) is 81.1. The van der Waals surface area contributed by atoms with Crippen LogP contribution in [0.4, 0.5) is 0 Å². The van der Waals surface area contributed by atoms with Gasteiger partial charge in [0.15, 0.2) is 0 Å². The van der Waals surface area contributed by atoms with Crippen molar-refractivity contribution in [3.05, 3.63) is 35.9 Å². The monoisotopic (exact) mass is 1530 g/mol. The van der Waals surface area contributed by atoms with E-state index in [9.17, 15) is 87.2 Å². The number of aliphatic hydroxyl groups excluding tert-OH is 1. The molecule has 13 amide bonds. The summed E-state index contributed by atoms with van der Waals surface area (Å²) in [5.41, 5.74) is 23.4. The van der Waals surface area contributed by atoms with Gasteiger partial charge in [0.2, 0.25) is 76.8 Å². The molecule has 1 aromatic carbocycles. The Labute approximate surface area is 635 Å². The Morgan fingerprint density at radius 1 is 0.398 bits per heavy atom. The maximum Gasteiger partial charge on any atom is 0.328 e. The number of aliphatic carboxylic acids is 2. The minimum atomic E-state index is -1.79. The summed E-state index contributed by atoms with van der Waals surface area (Å²) >= 11 is 0. The number of amides is 13. The summed E-state index contributed by atoms with van der Waals surface area (Å²) in [5, 5.41) is 58.7. The molecule has 1 aromatic rings. The van der Waals surface area contributed by atoms with Crippen molar-refractivity contribution in [2.75, 3.05) is 39.3 Å². The normalized spacial score (nSPS) is 14.2. The van der Waals surface area contributed by atoms with Crippen molar-refractivity contribution < 1.29 is 87.2 Å². The van der Waals surface area contributed by atoms with Crippen molar-refractivity contribution in [1.29, 1.82) is 0 Å². The van der Waals surface area contributed by atoms with Crippen LogP contribution in [0.1, 0.15) is 221 Å². The SMILES string of the molecule is CCCCCCCCCCCCCC(=O)NCC(=O)N[C@@H](CC(N)=O)C(=O)N[C@@H](Cc1ccccc1)C(=O)N[C@@H](CCCCN)C(=O)N[C@H](C(=O)N[C@H](C(=O)N[C@@H](CC(C)C)C(=O)N[C@@H](CCCCN)C(=O)NCC(=O)N[C@@H](CCCCN)C(=O)N[C@@H](CCC(=O)O)C(=O)N[C@@H](CO)C(=O)O)[C@@H](C)CC)C(C)C. The fraction of sp³-hybridized carbons (Fsp3) is 0.716. The van der Waals surface area contributed by atoms with Gasteiger partial charge in [0.1, 0.15) is 60.4 Å². The second-order valence-corrected chi connectivity index (χ2v) is 28.3. The maximum absolute atomic E-state index is 14.6. The largest absolute Gasteiger partial charge is 0.481 e. The van der Waals surface area contributed by atoms with Crippen molar-refractivity contribution in [1.82, 2.24) is 63.8 Å². The lowest BCUT2D eigenvalue weighted by atomic mass is 9.95. The minimum absolute atomic E-state index is 0.00106. The quantitative estimate of drug-likeness (QED) is 0.0381. The predicted octanol–water partition coefficient (Wildman–Crippen LogP) is -0.0371. The Bertz CT molecular complexity index is 2960. The zero-order valence-electron chi connectivity index (χ0n) is 64.5. The molecule has 34 nitrogen and oxygen atoms in total. The van der Waals surface area contributed by atoms with E-state index in [0.717, 1.165) is 25.7 Å². The summed E-state index contributed by atoms with van der Waals surface area (Å²) in [5.74, 6) is -15.5. The van der Waals surface area contributed by atoms with Gasteiger partial charge in [-0.2, -0.15) is 0 Å². The fourth-order valence-electron chi connectivity index (χ4n) is 11.5. The number of hydrogen-bond donors (Lipinski definition) is 19. The number of carboxylic acids is 2. The average Bonchev–Trinajstić information content (AvgIpc) is 0.849. The third-order valence-corrected chi connectivity index (χ3v) is 18.1. The topological polar surface area (TPSA) is 565 Å². The van der Waals surface area contributed by atoms with Crippen LogP contribution >= 0.6 is 0 Å². The maximum atomic E-state index is 14.6. The third-order valence-electron chi connectivity index (χ3n) is 18.1. The highest BCUT2D eigenvalue weighted by atomic mass is 16.4. The first-order chi connectivity index (χ1) is 51.4. The molecule has 0 aliphatic carbocycles. The van der Waals surface area contributed by atoms with Crippen LogP contribution in [-0.4, -0.2) is 204 Å². The van der Waals surface area contributed by atoms with E-state index in [1.807, 2.05) is 5.32 Å². The number of carbonyl (C=O) groups is 15. The molecular formula is C74H128N16O18. The average molecular weight is 1530 g/mol. The Balaban J connectivity index is 3.44. The molecule has 0 radical (unpaired) electrons. The van der Waals surface area contributed by atoms with Gasteiger partial charge in [-0.3, -0.25) is 67.1 Å². The van der Waals surface area contributed by atoms with Crippen LogP contribution in [0.25, 0.3) is 0 Å². The van der Waals surface area contributed by atoms with E-state index in [2.05, 4.69) is 65.4 Å². The van der Waals surface area contributed by atoms with Crippen LogP contribution in [-0.2, 0) is 78.3 Å². The molecule has 34 heteroatoms. The molecule has 0 bridgehead atoms.